The zero-order chi connectivity index (χ0) is 16.2. The van der Waals surface area contributed by atoms with E-state index in [4.69, 9.17) is 0 Å². The highest BCUT2D eigenvalue weighted by molar-refractivity contribution is 6.50. The van der Waals surface area contributed by atoms with Gasteiger partial charge in [0.05, 0.1) is 6.67 Å². The third-order valence-corrected chi connectivity index (χ3v) is 1.94. The fraction of sp³-hybridized carbons (Fsp3) is 0.545. The molecule has 0 aromatic heterocycles. The molecule has 0 atom stereocenters. The molecule has 1 amide bonds. The number of primary amides is 1. The van der Waals surface area contributed by atoms with Crippen LogP contribution in [0.2, 0.25) is 0 Å². The highest BCUT2D eigenvalue weighted by Crippen LogP contribution is 2.06. The number of rotatable bonds is 4. The lowest BCUT2D eigenvalue weighted by Crippen LogP contribution is -2.23. The first-order chi connectivity index (χ1) is 9.10. The van der Waals surface area contributed by atoms with Crippen LogP contribution in [0.1, 0.15) is 19.8 Å². The summed E-state index contributed by atoms with van der Waals surface area (Å²) in [6, 6.07) is 0. The number of amides is 1. The molecule has 2 N–H and O–H groups in total. The normalized spacial score (nSPS) is 13.1. The average Bonchev–Trinajstić information content (AvgIpc) is 2.71. The highest BCUT2D eigenvalue weighted by atomic mass is 19.5. The first-order valence-electron chi connectivity index (χ1n) is 6.02. The SMILES string of the molecule is C=CC(N)=O.CCCCN1C=CN(C)C1.F[B-](F)(F)F. The highest BCUT2D eigenvalue weighted by Gasteiger charge is 2.20. The van der Waals surface area contributed by atoms with Crippen molar-refractivity contribution in [3.8, 4) is 0 Å². The second kappa shape index (κ2) is 11.2. The van der Waals surface area contributed by atoms with Crippen molar-refractivity contribution in [1.82, 2.24) is 9.80 Å². The molecule has 0 bridgehead atoms. The summed E-state index contributed by atoms with van der Waals surface area (Å²) in [5.41, 5.74) is 4.53. The molecule has 1 rings (SSSR count). The number of hydrogen-bond acceptors (Lipinski definition) is 3. The monoisotopic (exact) mass is 298 g/mol. The lowest BCUT2D eigenvalue weighted by Gasteiger charge is -2.17. The Kier molecular flexibility index (Phi) is 11.5. The fourth-order valence-electron chi connectivity index (χ4n) is 1.10. The maximum absolute atomic E-state index is 9.75. The maximum Gasteiger partial charge on any atom is 0.673 e. The third-order valence-electron chi connectivity index (χ3n) is 1.94. The van der Waals surface area contributed by atoms with Crippen molar-refractivity contribution in [3.05, 3.63) is 25.1 Å². The van der Waals surface area contributed by atoms with Crippen LogP contribution in [0.4, 0.5) is 17.3 Å². The Labute approximate surface area is 117 Å². The van der Waals surface area contributed by atoms with Gasteiger partial charge in [-0.2, -0.15) is 0 Å². The van der Waals surface area contributed by atoms with Crippen molar-refractivity contribution in [3.63, 3.8) is 0 Å². The van der Waals surface area contributed by atoms with E-state index < -0.39 is 13.2 Å². The van der Waals surface area contributed by atoms with Gasteiger partial charge in [0, 0.05) is 26.0 Å². The predicted octanol–water partition coefficient (Wildman–Crippen LogP) is 2.42. The Bertz CT molecular complexity index is 305. The van der Waals surface area contributed by atoms with Crippen LogP contribution < -0.4 is 5.73 Å². The van der Waals surface area contributed by atoms with E-state index in [1.807, 2.05) is 0 Å². The lowest BCUT2D eigenvalue weighted by molar-refractivity contribution is -0.113. The van der Waals surface area contributed by atoms with E-state index in [0.29, 0.717) is 0 Å². The van der Waals surface area contributed by atoms with Crippen LogP contribution in [0.5, 0.6) is 0 Å². The predicted molar refractivity (Wildman–Crippen MR) is 73.0 cm³/mol. The zero-order valence-corrected chi connectivity index (χ0v) is 11.7. The Morgan fingerprint density at radius 3 is 2.10 bits per heavy atom. The van der Waals surface area contributed by atoms with E-state index in [1.165, 1.54) is 19.4 Å². The number of nitrogens with two attached hydrogens (primary N) is 1. The van der Waals surface area contributed by atoms with Gasteiger partial charge in [-0.3, -0.25) is 4.79 Å². The third kappa shape index (κ3) is 21.6. The molecule has 0 unspecified atom stereocenters. The van der Waals surface area contributed by atoms with Crippen LogP contribution in [0, 0.1) is 0 Å². The van der Waals surface area contributed by atoms with Crippen LogP contribution in [-0.4, -0.2) is 43.2 Å². The molecule has 0 saturated carbocycles. The van der Waals surface area contributed by atoms with Gasteiger partial charge in [-0.15, -0.1) is 0 Å². The second-order valence-corrected chi connectivity index (χ2v) is 3.96. The first-order valence-corrected chi connectivity index (χ1v) is 6.02. The van der Waals surface area contributed by atoms with Gasteiger partial charge in [0.15, 0.2) is 0 Å². The van der Waals surface area contributed by atoms with Crippen LogP contribution in [0.3, 0.4) is 0 Å². The molecule has 20 heavy (non-hydrogen) atoms. The first kappa shape index (κ1) is 20.6. The van der Waals surface area contributed by atoms with Crippen molar-refractivity contribution >= 4 is 13.2 Å². The van der Waals surface area contributed by atoms with Gasteiger partial charge in [-0.25, -0.2) is 0 Å². The van der Waals surface area contributed by atoms with Gasteiger partial charge in [-0.05, 0) is 12.5 Å². The molecule has 0 aromatic rings. The molecule has 0 radical (unpaired) electrons. The summed E-state index contributed by atoms with van der Waals surface area (Å²) in [6.45, 7) is 7.59. The number of carbonyl (C=O) groups excluding carboxylic acids is 1. The molecule has 0 fully saturated rings. The molecular formula is C11H21BF4N3O-. The minimum atomic E-state index is -6.00. The van der Waals surface area contributed by atoms with Gasteiger partial charge >= 0.3 is 7.25 Å². The molecule has 1 aliphatic heterocycles. The molecule has 0 aliphatic carbocycles. The number of carbonyl (C=O) groups is 1. The van der Waals surface area contributed by atoms with Crippen LogP contribution in [0.25, 0.3) is 0 Å². The van der Waals surface area contributed by atoms with Crippen molar-refractivity contribution < 1.29 is 22.1 Å². The van der Waals surface area contributed by atoms with Crippen LogP contribution >= 0.6 is 0 Å². The minimum Gasteiger partial charge on any atom is -0.418 e. The van der Waals surface area contributed by atoms with E-state index in [0.717, 1.165) is 12.7 Å². The summed E-state index contributed by atoms with van der Waals surface area (Å²) in [4.78, 5) is 14.0. The molecule has 4 nitrogen and oxygen atoms in total. The summed E-state index contributed by atoms with van der Waals surface area (Å²) in [5.74, 6) is -0.481. The van der Waals surface area contributed by atoms with Crippen molar-refractivity contribution in [2.75, 3.05) is 20.3 Å². The van der Waals surface area contributed by atoms with E-state index in [-0.39, 0.29) is 0 Å². The van der Waals surface area contributed by atoms with Crippen molar-refractivity contribution in [2.45, 2.75) is 19.8 Å². The molecule has 9 heteroatoms. The zero-order valence-electron chi connectivity index (χ0n) is 11.7. The van der Waals surface area contributed by atoms with Gasteiger partial charge in [0.25, 0.3) is 0 Å². The quantitative estimate of drug-likeness (QED) is 0.492. The number of halogens is 4. The number of unbranched alkanes of at least 4 members (excludes halogenated alkanes) is 1. The molecule has 1 aliphatic rings. The van der Waals surface area contributed by atoms with E-state index in [2.05, 4.69) is 48.5 Å². The summed E-state index contributed by atoms with van der Waals surface area (Å²) < 4.78 is 39.0. The molecule has 0 saturated heterocycles. The van der Waals surface area contributed by atoms with Crippen molar-refractivity contribution in [1.29, 1.82) is 0 Å². The Hall–Kier alpha value is -1.67. The summed E-state index contributed by atoms with van der Waals surface area (Å²) in [6.07, 6.45) is 7.93. The average molecular weight is 298 g/mol. The smallest absolute Gasteiger partial charge is 0.418 e. The maximum atomic E-state index is 9.75. The molecule has 118 valence electrons. The van der Waals surface area contributed by atoms with E-state index >= 15 is 0 Å². The molecular weight excluding hydrogens is 277 g/mol. The Morgan fingerprint density at radius 1 is 1.40 bits per heavy atom. The fourth-order valence-corrected chi connectivity index (χ4v) is 1.10. The van der Waals surface area contributed by atoms with E-state index in [9.17, 15) is 22.1 Å². The number of nitrogens with zero attached hydrogens (tertiary/aromatic N) is 2. The standard InChI is InChI=1S/C8H16N2.C3H5NO.BF4/c1-3-4-5-10-7-6-9(2)8-10;1-2-3(4)5;2-1(3,4)5/h6-7H,3-5,8H2,1-2H3;2H,1H2,(H2,4,5);/q;;-1. The number of hydrogen-bond donors (Lipinski definition) is 1. The van der Waals surface area contributed by atoms with Gasteiger partial charge in [0.2, 0.25) is 5.91 Å². The van der Waals surface area contributed by atoms with Crippen LogP contribution in [0.15, 0.2) is 25.1 Å². The summed E-state index contributed by atoms with van der Waals surface area (Å²) in [5, 5.41) is 0. The minimum absolute atomic E-state index is 0.481. The van der Waals surface area contributed by atoms with Gasteiger partial charge < -0.3 is 32.8 Å². The Morgan fingerprint density at radius 2 is 1.85 bits per heavy atom. The largest absolute Gasteiger partial charge is 0.673 e. The van der Waals surface area contributed by atoms with E-state index in [1.54, 1.807) is 0 Å². The Balaban J connectivity index is 0. The molecule has 0 aromatic carbocycles. The summed E-state index contributed by atoms with van der Waals surface area (Å²) >= 11 is 0. The second-order valence-electron chi connectivity index (χ2n) is 3.96. The summed E-state index contributed by atoms with van der Waals surface area (Å²) in [7, 11) is -3.90. The van der Waals surface area contributed by atoms with Crippen LogP contribution in [-0.2, 0) is 4.79 Å². The lowest BCUT2D eigenvalue weighted by atomic mass is 10.3. The van der Waals surface area contributed by atoms with Crippen molar-refractivity contribution in [2.24, 2.45) is 5.73 Å². The molecule has 1 heterocycles. The molecule has 0 spiro atoms. The topological polar surface area (TPSA) is 49.6 Å². The van der Waals surface area contributed by atoms with Gasteiger partial charge in [-0.1, -0.05) is 19.9 Å². The van der Waals surface area contributed by atoms with Gasteiger partial charge in [0.1, 0.15) is 0 Å².